The molecule has 0 atom stereocenters. The van der Waals surface area contributed by atoms with Gasteiger partial charge < -0.3 is 24.7 Å². The lowest BCUT2D eigenvalue weighted by Gasteiger charge is -2.26. The number of methoxy groups -OCH3 is 1. The zero-order valence-corrected chi connectivity index (χ0v) is 23.2. The highest BCUT2D eigenvalue weighted by Crippen LogP contribution is 2.37. The predicted molar refractivity (Wildman–Crippen MR) is 158 cm³/mol. The standard InChI is InChI=1S/C31H32FN5O5/c1-39-29-19-24-26(20-30(29)41-15-5-12-36-13-16-40-17-14-36)34-11-10-27(24)42-28-9-8-22(18-25(28)32)21-35-37(31(33)38)23-6-3-2-4-7-23/h2-4,6-11,18-21H,5,12-17H2,1H3,(H2,33,38). The van der Waals surface area contributed by atoms with Gasteiger partial charge in [-0.05, 0) is 54.4 Å². The van der Waals surface area contributed by atoms with Gasteiger partial charge in [0.25, 0.3) is 0 Å². The van der Waals surface area contributed by atoms with Crippen molar-refractivity contribution in [3.8, 4) is 23.0 Å². The summed E-state index contributed by atoms with van der Waals surface area (Å²) in [6.07, 6.45) is 3.80. The van der Waals surface area contributed by atoms with Gasteiger partial charge in [0.15, 0.2) is 23.1 Å². The van der Waals surface area contributed by atoms with Crippen molar-refractivity contribution >= 4 is 28.8 Å². The second-order valence-corrected chi connectivity index (χ2v) is 9.51. The SMILES string of the molecule is COc1cc2c(Oc3ccc(C=NN(C(N)=O)c4ccccc4)cc3F)ccnc2cc1OCCCN1CCOCC1. The lowest BCUT2D eigenvalue weighted by atomic mass is 10.1. The fourth-order valence-corrected chi connectivity index (χ4v) is 4.53. The summed E-state index contributed by atoms with van der Waals surface area (Å²) in [7, 11) is 1.57. The maximum absolute atomic E-state index is 15.1. The van der Waals surface area contributed by atoms with Crippen LogP contribution < -0.4 is 25.0 Å². The van der Waals surface area contributed by atoms with Gasteiger partial charge in [-0.3, -0.25) is 9.88 Å². The summed E-state index contributed by atoms with van der Waals surface area (Å²) >= 11 is 0. The van der Waals surface area contributed by atoms with Crippen LogP contribution in [0.25, 0.3) is 10.9 Å². The topological polar surface area (TPSA) is 112 Å². The average molecular weight is 574 g/mol. The molecule has 2 amide bonds. The zero-order valence-electron chi connectivity index (χ0n) is 23.2. The predicted octanol–water partition coefficient (Wildman–Crippen LogP) is 5.20. The number of nitrogens with two attached hydrogens (primary N) is 1. The molecule has 0 aliphatic carbocycles. The molecule has 42 heavy (non-hydrogen) atoms. The number of hydrazone groups is 1. The fourth-order valence-electron chi connectivity index (χ4n) is 4.53. The Hall–Kier alpha value is -4.74. The highest BCUT2D eigenvalue weighted by molar-refractivity contribution is 5.93. The zero-order chi connectivity index (χ0) is 29.3. The van der Waals surface area contributed by atoms with Gasteiger partial charge in [0.05, 0.1) is 44.3 Å². The van der Waals surface area contributed by atoms with E-state index in [-0.39, 0.29) is 5.75 Å². The van der Waals surface area contributed by atoms with Crippen LogP contribution in [0.2, 0.25) is 0 Å². The van der Waals surface area contributed by atoms with E-state index in [1.165, 1.54) is 18.3 Å². The normalized spacial score (nSPS) is 13.8. The van der Waals surface area contributed by atoms with Crippen molar-refractivity contribution in [3.05, 3.63) is 84.3 Å². The number of carbonyl (C=O) groups is 1. The first-order chi connectivity index (χ1) is 20.5. The minimum atomic E-state index is -0.764. The van der Waals surface area contributed by atoms with Crippen molar-refractivity contribution in [2.75, 3.05) is 51.6 Å². The highest BCUT2D eigenvalue weighted by Gasteiger charge is 2.15. The van der Waals surface area contributed by atoms with E-state index < -0.39 is 11.8 Å². The third-order valence-electron chi connectivity index (χ3n) is 6.67. The molecule has 1 saturated heterocycles. The highest BCUT2D eigenvalue weighted by atomic mass is 19.1. The van der Waals surface area contributed by atoms with Crippen molar-refractivity contribution in [1.29, 1.82) is 0 Å². The maximum Gasteiger partial charge on any atom is 0.340 e. The lowest BCUT2D eigenvalue weighted by molar-refractivity contribution is 0.0357. The van der Waals surface area contributed by atoms with Crippen LogP contribution in [0.1, 0.15) is 12.0 Å². The summed E-state index contributed by atoms with van der Waals surface area (Å²) in [4.78, 5) is 18.7. The summed E-state index contributed by atoms with van der Waals surface area (Å²) in [5.74, 6) is 0.905. The number of amides is 2. The molecule has 10 nitrogen and oxygen atoms in total. The van der Waals surface area contributed by atoms with Crippen molar-refractivity contribution in [3.63, 3.8) is 0 Å². The third-order valence-corrected chi connectivity index (χ3v) is 6.67. The molecule has 2 N–H and O–H groups in total. The largest absolute Gasteiger partial charge is 0.493 e. The second kappa shape index (κ2) is 13.7. The Bertz CT molecular complexity index is 1550. The molecule has 4 aromatic rings. The molecule has 11 heteroatoms. The van der Waals surface area contributed by atoms with Gasteiger partial charge in [-0.1, -0.05) is 18.2 Å². The number of ether oxygens (including phenoxy) is 4. The number of halogens is 1. The molecule has 0 bridgehead atoms. The van der Waals surface area contributed by atoms with Crippen molar-refractivity contribution in [2.24, 2.45) is 10.8 Å². The number of primary amides is 1. The number of rotatable bonds is 11. The number of hydrogen-bond acceptors (Lipinski definition) is 8. The number of para-hydroxylation sites is 1. The molecule has 0 spiro atoms. The molecule has 0 unspecified atom stereocenters. The van der Waals surface area contributed by atoms with Gasteiger partial charge >= 0.3 is 6.03 Å². The van der Waals surface area contributed by atoms with E-state index in [9.17, 15) is 4.79 Å². The minimum absolute atomic E-state index is 0.0110. The van der Waals surface area contributed by atoms with Crippen LogP contribution in [0.5, 0.6) is 23.0 Å². The van der Waals surface area contributed by atoms with Gasteiger partial charge in [-0.2, -0.15) is 10.1 Å². The van der Waals surface area contributed by atoms with Gasteiger partial charge in [-0.15, -0.1) is 0 Å². The molecule has 218 valence electrons. The smallest absolute Gasteiger partial charge is 0.340 e. The van der Waals surface area contributed by atoms with E-state index in [2.05, 4.69) is 15.0 Å². The Kier molecular flexibility index (Phi) is 9.42. The third kappa shape index (κ3) is 7.12. The quantitative estimate of drug-likeness (QED) is 0.149. The molecular formula is C31H32FN5O5. The summed E-state index contributed by atoms with van der Waals surface area (Å²) < 4.78 is 38.1. The van der Waals surface area contributed by atoms with E-state index in [0.29, 0.717) is 46.0 Å². The number of fused-ring (bicyclic) bond motifs is 1. The first kappa shape index (κ1) is 28.8. The van der Waals surface area contributed by atoms with E-state index in [0.717, 1.165) is 44.3 Å². The van der Waals surface area contributed by atoms with Crippen LogP contribution >= 0.6 is 0 Å². The van der Waals surface area contributed by atoms with Crippen LogP contribution in [0.15, 0.2) is 78.0 Å². The first-order valence-electron chi connectivity index (χ1n) is 13.6. The van der Waals surface area contributed by atoms with Crippen LogP contribution in [-0.4, -0.2) is 68.7 Å². The molecule has 1 aromatic heterocycles. The molecule has 5 rings (SSSR count). The Morgan fingerprint density at radius 1 is 1.07 bits per heavy atom. The second-order valence-electron chi connectivity index (χ2n) is 9.51. The Balaban J connectivity index is 1.28. The molecule has 1 aliphatic heterocycles. The van der Waals surface area contributed by atoms with E-state index >= 15 is 4.39 Å². The van der Waals surface area contributed by atoms with Crippen molar-refractivity contribution in [2.45, 2.75) is 6.42 Å². The number of hydrogen-bond donors (Lipinski definition) is 1. The fraction of sp³-hybridized carbons (Fsp3) is 0.258. The van der Waals surface area contributed by atoms with Crippen molar-refractivity contribution < 1.29 is 28.1 Å². The molecule has 1 aliphatic rings. The molecule has 0 saturated carbocycles. The van der Waals surface area contributed by atoms with Crippen LogP contribution in [0.3, 0.4) is 0 Å². The maximum atomic E-state index is 15.1. The number of anilines is 1. The summed E-state index contributed by atoms with van der Waals surface area (Å²) in [6.45, 7) is 4.86. The Morgan fingerprint density at radius 3 is 2.62 bits per heavy atom. The number of urea groups is 1. The Labute approximate surface area is 243 Å². The monoisotopic (exact) mass is 573 g/mol. The number of carbonyl (C=O) groups excluding carboxylic acids is 1. The summed E-state index contributed by atoms with van der Waals surface area (Å²) in [6, 6.07) is 17.5. The van der Waals surface area contributed by atoms with Crippen LogP contribution in [0, 0.1) is 5.82 Å². The van der Waals surface area contributed by atoms with Gasteiger partial charge in [0, 0.05) is 37.3 Å². The number of nitrogens with zero attached hydrogens (tertiary/aromatic N) is 4. The lowest BCUT2D eigenvalue weighted by Crippen LogP contribution is -2.37. The summed E-state index contributed by atoms with van der Waals surface area (Å²) in [5.41, 5.74) is 6.98. The number of aromatic nitrogens is 1. The molecule has 1 fully saturated rings. The van der Waals surface area contributed by atoms with E-state index in [1.807, 2.05) is 6.07 Å². The van der Waals surface area contributed by atoms with Crippen LogP contribution in [-0.2, 0) is 4.74 Å². The summed E-state index contributed by atoms with van der Waals surface area (Å²) in [5, 5.41) is 5.79. The first-order valence-corrected chi connectivity index (χ1v) is 13.6. The molecule has 0 radical (unpaired) electrons. The number of benzene rings is 3. The van der Waals surface area contributed by atoms with E-state index in [1.54, 1.807) is 61.8 Å². The molecule has 2 heterocycles. The van der Waals surface area contributed by atoms with Gasteiger partial charge in [0.2, 0.25) is 0 Å². The Morgan fingerprint density at radius 2 is 1.88 bits per heavy atom. The minimum Gasteiger partial charge on any atom is -0.493 e. The van der Waals surface area contributed by atoms with E-state index in [4.69, 9.17) is 24.7 Å². The molecular weight excluding hydrogens is 541 g/mol. The molecule has 3 aromatic carbocycles. The number of morpholine rings is 1. The average Bonchev–Trinajstić information content (AvgIpc) is 3.01. The van der Waals surface area contributed by atoms with Crippen LogP contribution in [0.4, 0.5) is 14.9 Å². The van der Waals surface area contributed by atoms with Gasteiger partial charge in [-0.25, -0.2) is 9.18 Å². The number of pyridine rings is 1. The van der Waals surface area contributed by atoms with Gasteiger partial charge in [0.1, 0.15) is 5.75 Å². The van der Waals surface area contributed by atoms with Crippen molar-refractivity contribution in [1.82, 2.24) is 9.88 Å².